The molecule has 102 valence electrons. The van der Waals surface area contributed by atoms with Gasteiger partial charge >= 0.3 is 0 Å². The zero-order chi connectivity index (χ0) is 12.5. The van der Waals surface area contributed by atoms with Gasteiger partial charge in [0.1, 0.15) is 0 Å². The van der Waals surface area contributed by atoms with Gasteiger partial charge in [-0.15, -0.1) is 0 Å². The maximum absolute atomic E-state index is 3.60. The molecule has 0 bridgehead atoms. The summed E-state index contributed by atoms with van der Waals surface area (Å²) in [6.45, 7) is 11.8. The zero-order valence-electron chi connectivity index (χ0n) is 11.9. The van der Waals surface area contributed by atoms with Crippen LogP contribution in [-0.2, 0) is 0 Å². The van der Waals surface area contributed by atoms with E-state index in [1.165, 1.54) is 57.6 Å². The maximum Gasteiger partial charge on any atom is 0.0221 e. The van der Waals surface area contributed by atoms with Gasteiger partial charge in [-0.05, 0) is 25.8 Å². The SMILES string of the molecule is CCCNCC(CCC)N1CCSC(CC)C1. The molecule has 0 aromatic carbocycles. The predicted octanol–water partition coefficient (Wildman–Crippen LogP) is 2.98. The molecular weight excluding hydrogens is 228 g/mol. The van der Waals surface area contributed by atoms with Crippen LogP contribution in [0.5, 0.6) is 0 Å². The van der Waals surface area contributed by atoms with E-state index in [2.05, 4.69) is 42.7 Å². The van der Waals surface area contributed by atoms with Crippen molar-refractivity contribution in [3.8, 4) is 0 Å². The molecule has 0 amide bonds. The van der Waals surface area contributed by atoms with Crippen LogP contribution in [0.15, 0.2) is 0 Å². The second kappa shape index (κ2) is 9.23. The minimum Gasteiger partial charge on any atom is -0.315 e. The smallest absolute Gasteiger partial charge is 0.0221 e. The summed E-state index contributed by atoms with van der Waals surface area (Å²) in [5.41, 5.74) is 0. The fourth-order valence-electron chi connectivity index (χ4n) is 2.51. The maximum atomic E-state index is 3.60. The lowest BCUT2D eigenvalue weighted by atomic mass is 10.1. The summed E-state index contributed by atoms with van der Waals surface area (Å²) in [7, 11) is 0. The molecule has 0 spiro atoms. The van der Waals surface area contributed by atoms with Gasteiger partial charge in [0, 0.05) is 36.7 Å². The molecule has 17 heavy (non-hydrogen) atoms. The summed E-state index contributed by atoms with van der Waals surface area (Å²) >= 11 is 2.17. The second-order valence-electron chi connectivity index (χ2n) is 5.04. The van der Waals surface area contributed by atoms with Crippen molar-refractivity contribution in [1.29, 1.82) is 0 Å². The summed E-state index contributed by atoms with van der Waals surface area (Å²) in [6, 6.07) is 0.765. The van der Waals surface area contributed by atoms with Gasteiger partial charge in [0.05, 0.1) is 0 Å². The van der Waals surface area contributed by atoms with E-state index in [0.29, 0.717) is 0 Å². The largest absolute Gasteiger partial charge is 0.315 e. The Morgan fingerprint density at radius 3 is 2.76 bits per heavy atom. The molecule has 1 N–H and O–H groups in total. The summed E-state index contributed by atoms with van der Waals surface area (Å²) in [5, 5.41) is 4.47. The predicted molar refractivity (Wildman–Crippen MR) is 80.0 cm³/mol. The van der Waals surface area contributed by atoms with Gasteiger partial charge < -0.3 is 5.32 Å². The molecule has 1 aliphatic heterocycles. The molecule has 1 saturated heterocycles. The third-order valence-electron chi connectivity index (χ3n) is 3.57. The fourth-order valence-corrected chi connectivity index (χ4v) is 3.72. The normalized spacial score (nSPS) is 23.8. The minimum atomic E-state index is 0.765. The van der Waals surface area contributed by atoms with Gasteiger partial charge in [0.2, 0.25) is 0 Å². The summed E-state index contributed by atoms with van der Waals surface area (Å²) in [6.07, 6.45) is 5.21. The minimum absolute atomic E-state index is 0.765. The lowest BCUT2D eigenvalue weighted by molar-refractivity contribution is 0.186. The van der Waals surface area contributed by atoms with E-state index >= 15 is 0 Å². The first-order valence-electron chi connectivity index (χ1n) is 7.38. The quantitative estimate of drug-likeness (QED) is 0.674. The van der Waals surface area contributed by atoms with E-state index in [4.69, 9.17) is 0 Å². The Morgan fingerprint density at radius 1 is 1.29 bits per heavy atom. The highest BCUT2D eigenvalue weighted by molar-refractivity contribution is 8.00. The highest BCUT2D eigenvalue weighted by Crippen LogP contribution is 2.23. The Hall–Kier alpha value is 0.270. The third kappa shape index (κ3) is 5.62. The van der Waals surface area contributed by atoms with Crippen LogP contribution in [-0.4, -0.2) is 48.1 Å². The number of hydrogen-bond donors (Lipinski definition) is 1. The van der Waals surface area contributed by atoms with E-state index in [1.807, 2.05) is 0 Å². The highest BCUT2D eigenvalue weighted by Gasteiger charge is 2.24. The van der Waals surface area contributed by atoms with Gasteiger partial charge in [0.15, 0.2) is 0 Å². The van der Waals surface area contributed by atoms with Crippen molar-refractivity contribution in [2.45, 2.75) is 57.7 Å². The van der Waals surface area contributed by atoms with Gasteiger partial charge in [-0.3, -0.25) is 4.90 Å². The van der Waals surface area contributed by atoms with E-state index in [9.17, 15) is 0 Å². The van der Waals surface area contributed by atoms with Crippen molar-refractivity contribution in [2.24, 2.45) is 0 Å². The second-order valence-corrected chi connectivity index (χ2v) is 6.45. The number of thioether (sulfide) groups is 1. The van der Waals surface area contributed by atoms with Gasteiger partial charge in [-0.2, -0.15) is 11.8 Å². The summed E-state index contributed by atoms with van der Waals surface area (Å²) < 4.78 is 0. The molecule has 1 heterocycles. The molecule has 0 radical (unpaired) electrons. The van der Waals surface area contributed by atoms with Crippen molar-refractivity contribution in [3.05, 3.63) is 0 Å². The van der Waals surface area contributed by atoms with Crippen LogP contribution in [0.1, 0.15) is 46.5 Å². The molecule has 1 aliphatic rings. The molecule has 0 aromatic rings. The fraction of sp³-hybridized carbons (Fsp3) is 1.00. The average Bonchev–Trinajstić information content (AvgIpc) is 2.38. The van der Waals surface area contributed by atoms with Crippen molar-refractivity contribution in [3.63, 3.8) is 0 Å². The molecular formula is C14H30N2S. The lowest BCUT2D eigenvalue weighted by Crippen LogP contribution is -2.48. The van der Waals surface area contributed by atoms with Gasteiger partial charge in [0.25, 0.3) is 0 Å². The van der Waals surface area contributed by atoms with E-state index in [0.717, 1.165) is 11.3 Å². The first-order valence-corrected chi connectivity index (χ1v) is 8.43. The number of nitrogens with zero attached hydrogens (tertiary/aromatic N) is 1. The van der Waals surface area contributed by atoms with E-state index in [1.54, 1.807) is 0 Å². The van der Waals surface area contributed by atoms with E-state index < -0.39 is 0 Å². The topological polar surface area (TPSA) is 15.3 Å². The first kappa shape index (κ1) is 15.3. The molecule has 0 saturated carbocycles. The molecule has 2 nitrogen and oxygen atoms in total. The van der Waals surface area contributed by atoms with Crippen LogP contribution in [0, 0.1) is 0 Å². The Kier molecular flexibility index (Phi) is 8.33. The van der Waals surface area contributed by atoms with Crippen molar-refractivity contribution in [1.82, 2.24) is 10.2 Å². The van der Waals surface area contributed by atoms with Crippen LogP contribution in [0.4, 0.5) is 0 Å². The molecule has 1 rings (SSSR count). The lowest BCUT2D eigenvalue weighted by Gasteiger charge is -2.38. The molecule has 2 unspecified atom stereocenters. The van der Waals surface area contributed by atoms with Crippen LogP contribution < -0.4 is 5.32 Å². The standard InChI is InChI=1S/C14H30N2S/c1-4-7-13(11-15-8-5-2)16-9-10-17-14(6-3)12-16/h13-15H,4-12H2,1-3H3. The van der Waals surface area contributed by atoms with Crippen LogP contribution in [0.2, 0.25) is 0 Å². The number of hydrogen-bond acceptors (Lipinski definition) is 3. The Bertz CT molecular complexity index is 187. The Labute approximate surface area is 112 Å². The molecule has 0 aromatic heterocycles. The van der Waals surface area contributed by atoms with E-state index in [-0.39, 0.29) is 0 Å². The van der Waals surface area contributed by atoms with Crippen LogP contribution in [0.25, 0.3) is 0 Å². The monoisotopic (exact) mass is 258 g/mol. The average molecular weight is 258 g/mol. The van der Waals surface area contributed by atoms with Crippen LogP contribution >= 0.6 is 11.8 Å². The zero-order valence-corrected chi connectivity index (χ0v) is 12.7. The van der Waals surface area contributed by atoms with Gasteiger partial charge in [-0.1, -0.05) is 27.2 Å². The van der Waals surface area contributed by atoms with Crippen molar-refractivity contribution in [2.75, 3.05) is 31.9 Å². The molecule has 1 fully saturated rings. The molecule has 0 aliphatic carbocycles. The van der Waals surface area contributed by atoms with Gasteiger partial charge in [-0.25, -0.2) is 0 Å². The number of rotatable bonds is 8. The third-order valence-corrected chi connectivity index (χ3v) is 4.94. The van der Waals surface area contributed by atoms with Crippen LogP contribution in [0.3, 0.4) is 0 Å². The van der Waals surface area contributed by atoms with Crippen molar-refractivity contribution >= 4 is 11.8 Å². The summed E-state index contributed by atoms with van der Waals surface area (Å²) in [4.78, 5) is 2.73. The summed E-state index contributed by atoms with van der Waals surface area (Å²) in [5.74, 6) is 1.33. The molecule has 2 atom stereocenters. The first-order chi connectivity index (χ1) is 8.31. The molecule has 3 heteroatoms. The Morgan fingerprint density at radius 2 is 2.12 bits per heavy atom. The van der Waals surface area contributed by atoms with Crippen molar-refractivity contribution < 1.29 is 0 Å². The Balaban J connectivity index is 2.38. The number of nitrogens with one attached hydrogen (secondary N) is 1. The highest BCUT2D eigenvalue weighted by atomic mass is 32.2.